The van der Waals surface area contributed by atoms with Gasteiger partial charge in [0.25, 0.3) is 0 Å². The normalized spacial score (nSPS) is 12.3. The Kier molecular flexibility index (Phi) is 5.25. The topological polar surface area (TPSA) is 53.7 Å². The minimum atomic E-state index is 0.232. The average Bonchev–Trinajstić information content (AvgIpc) is 2.37. The van der Waals surface area contributed by atoms with Crippen LogP contribution in [0.25, 0.3) is 0 Å². The predicted octanol–water partition coefficient (Wildman–Crippen LogP) is 1.91. The molecule has 4 nitrogen and oxygen atoms in total. The summed E-state index contributed by atoms with van der Waals surface area (Å²) in [6, 6.07) is 4.01. The largest absolute Gasteiger partial charge is 0.493 e. The van der Waals surface area contributed by atoms with Gasteiger partial charge in [0.05, 0.1) is 20.8 Å². The number of benzene rings is 1. The summed E-state index contributed by atoms with van der Waals surface area (Å²) in [7, 11) is 4.93. The summed E-state index contributed by atoms with van der Waals surface area (Å²) >= 11 is 0. The highest BCUT2D eigenvalue weighted by molar-refractivity contribution is 5.53. The number of rotatable bonds is 6. The van der Waals surface area contributed by atoms with Crippen LogP contribution in [0.4, 0.5) is 0 Å². The third-order valence-electron chi connectivity index (χ3n) is 2.82. The van der Waals surface area contributed by atoms with E-state index in [1.165, 1.54) is 0 Å². The Bertz CT molecular complexity index is 366. The fraction of sp³-hybridized carbons (Fsp3) is 0.538. The molecule has 1 aromatic carbocycles. The van der Waals surface area contributed by atoms with Gasteiger partial charge in [0.2, 0.25) is 0 Å². The lowest BCUT2D eigenvalue weighted by Gasteiger charge is -2.19. The van der Waals surface area contributed by atoms with Crippen molar-refractivity contribution >= 4 is 0 Å². The van der Waals surface area contributed by atoms with Crippen molar-refractivity contribution in [3.8, 4) is 11.5 Å². The standard InChI is InChI=1S/C13H21NO3/c1-9(7-14)11-6-5-10(8-15-2)12(16-3)13(11)17-4/h5-6,9H,7-8,14H2,1-4H3. The van der Waals surface area contributed by atoms with Crippen molar-refractivity contribution in [1.82, 2.24) is 0 Å². The van der Waals surface area contributed by atoms with E-state index in [1.807, 2.05) is 12.1 Å². The van der Waals surface area contributed by atoms with E-state index in [-0.39, 0.29) is 5.92 Å². The van der Waals surface area contributed by atoms with Gasteiger partial charge in [-0.25, -0.2) is 0 Å². The Morgan fingerprint density at radius 1 is 1.12 bits per heavy atom. The SMILES string of the molecule is COCc1ccc(C(C)CN)c(OC)c1OC. The van der Waals surface area contributed by atoms with Crippen LogP contribution in [0.5, 0.6) is 11.5 Å². The van der Waals surface area contributed by atoms with E-state index in [9.17, 15) is 0 Å². The van der Waals surface area contributed by atoms with Gasteiger partial charge >= 0.3 is 0 Å². The van der Waals surface area contributed by atoms with Gasteiger partial charge in [0, 0.05) is 18.2 Å². The molecule has 4 heteroatoms. The molecule has 0 spiro atoms. The first-order valence-corrected chi connectivity index (χ1v) is 5.62. The second kappa shape index (κ2) is 6.47. The summed E-state index contributed by atoms with van der Waals surface area (Å²) in [5.74, 6) is 1.71. The smallest absolute Gasteiger partial charge is 0.166 e. The summed E-state index contributed by atoms with van der Waals surface area (Å²) in [5, 5.41) is 0. The lowest BCUT2D eigenvalue weighted by molar-refractivity contribution is 0.180. The summed E-state index contributed by atoms with van der Waals surface area (Å²) in [6.07, 6.45) is 0. The van der Waals surface area contributed by atoms with Crippen molar-refractivity contribution in [2.24, 2.45) is 5.73 Å². The quantitative estimate of drug-likeness (QED) is 0.824. The summed E-state index contributed by atoms with van der Waals surface area (Å²) < 4.78 is 16.0. The van der Waals surface area contributed by atoms with Crippen LogP contribution in [-0.2, 0) is 11.3 Å². The van der Waals surface area contributed by atoms with E-state index in [2.05, 4.69) is 6.92 Å². The van der Waals surface area contributed by atoms with Gasteiger partial charge in [-0.05, 0) is 12.5 Å². The van der Waals surface area contributed by atoms with Crippen LogP contribution >= 0.6 is 0 Å². The molecule has 0 aromatic heterocycles. The van der Waals surface area contributed by atoms with Crippen LogP contribution in [0.15, 0.2) is 12.1 Å². The lowest BCUT2D eigenvalue weighted by atomic mass is 9.98. The molecule has 0 fully saturated rings. The molecule has 0 amide bonds. The number of nitrogens with two attached hydrogens (primary N) is 1. The predicted molar refractivity (Wildman–Crippen MR) is 67.7 cm³/mol. The number of ether oxygens (including phenoxy) is 3. The van der Waals surface area contributed by atoms with Crippen LogP contribution in [0.3, 0.4) is 0 Å². The molecule has 0 bridgehead atoms. The summed E-state index contributed by atoms with van der Waals surface area (Å²) in [6.45, 7) is 3.13. The van der Waals surface area contributed by atoms with Gasteiger partial charge in [0.1, 0.15) is 0 Å². The molecule has 0 saturated carbocycles. The first kappa shape index (κ1) is 13.8. The highest BCUT2D eigenvalue weighted by Gasteiger charge is 2.18. The molecule has 1 aromatic rings. The Morgan fingerprint density at radius 3 is 2.24 bits per heavy atom. The van der Waals surface area contributed by atoms with Crippen LogP contribution in [0.2, 0.25) is 0 Å². The molecule has 0 radical (unpaired) electrons. The fourth-order valence-corrected chi connectivity index (χ4v) is 1.84. The maximum atomic E-state index is 5.69. The Hall–Kier alpha value is -1.26. The van der Waals surface area contributed by atoms with Gasteiger partial charge in [-0.3, -0.25) is 0 Å². The number of hydrogen-bond donors (Lipinski definition) is 1. The molecule has 1 rings (SSSR count). The molecule has 1 unspecified atom stereocenters. The maximum Gasteiger partial charge on any atom is 0.166 e. The molecule has 0 heterocycles. The number of hydrogen-bond acceptors (Lipinski definition) is 4. The second-order valence-corrected chi connectivity index (χ2v) is 3.95. The second-order valence-electron chi connectivity index (χ2n) is 3.95. The first-order chi connectivity index (χ1) is 8.19. The zero-order chi connectivity index (χ0) is 12.8. The Labute approximate surface area is 103 Å². The van der Waals surface area contributed by atoms with Gasteiger partial charge in [-0.15, -0.1) is 0 Å². The highest BCUT2D eigenvalue weighted by atomic mass is 16.5. The van der Waals surface area contributed by atoms with Crippen molar-refractivity contribution < 1.29 is 14.2 Å². The van der Waals surface area contributed by atoms with E-state index in [0.29, 0.717) is 13.2 Å². The molecule has 0 aliphatic carbocycles. The maximum absolute atomic E-state index is 5.69. The van der Waals surface area contributed by atoms with Crippen LogP contribution in [-0.4, -0.2) is 27.9 Å². The van der Waals surface area contributed by atoms with E-state index in [4.69, 9.17) is 19.9 Å². The van der Waals surface area contributed by atoms with Crippen LogP contribution in [0.1, 0.15) is 24.0 Å². The molecule has 0 aliphatic rings. The molecule has 2 N–H and O–H groups in total. The monoisotopic (exact) mass is 239 g/mol. The van der Waals surface area contributed by atoms with E-state index < -0.39 is 0 Å². The van der Waals surface area contributed by atoms with Gasteiger partial charge in [0.15, 0.2) is 11.5 Å². The van der Waals surface area contributed by atoms with Crippen LogP contribution in [0, 0.1) is 0 Å². The Morgan fingerprint density at radius 2 is 1.76 bits per heavy atom. The molecule has 17 heavy (non-hydrogen) atoms. The van der Waals surface area contributed by atoms with Crippen LogP contribution < -0.4 is 15.2 Å². The lowest BCUT2D eigenvalue weighted by Crippen LogP contribution is -2.11. The first-order valence-electron chi connectivity index (χ1n) is 5.62. The van der Waals surface area contributed by atoms with E-state index >= 15 is 0 Å². The third-order valence-corrected chi connectivity index (χ3v) is 2.82. The zero-order valence-electron chi connectivity index (χ0n) is 10.9. The van der Waals surface area contributed by atoms with Gasteiger partial charge in [-0.1, -0.05) is 19.1 Å². The molecule has 0 aliphatic heterocycles. The van der Waals surface area contributed by atoms with Gasteiger partial charge in [-0.2, -0.15) is 0 Å². The molecule has 1 atom stereocenters. The van der Waals surface area contributed by atoms with E-state index in [1.54, 1.807) is 21.3 Å². The van der Waals surface area contributed by atoms with Crippen molar-refractivity contribution in [2.75, 3.05) is 27.9 Å². The molecular weight excluding hydrogens is 218 g/mol. The van der Waals surface area contributed by atoms with Crippen molar-refractivity contribution in [1.29, 1.82) is 0 Å². The third kappa shape index (κ3) is 2.90. The summed E-state index contributed by atoms with van der Waals surface area (Å²) in [4.78, 5) is 0. The van der Waals surface area contributed by atoms with Crippen molar-refractivity contribution in [2.45, 2.75) is 19.4 Å². The average molecular weight is 239 g/mol. The van der Waals surface area contributed by atoms with Crippen molar-refractivity contribution in [3.63, 3.8) is 0 Å². The molecular formula is C13H21NO3. The zero-order valence-corrected chi connectivity index (χ0v) is 10.9. The van der Waals surface area contributed by atoms with E-state index in [0.717, 1.165) is 22.6 Å². The highest BCUT2D eigenvalue weighted by Crippen LogP contribution is 2.38. The van der Waals surface area contributed by atoms with Crippen molar-refractivity contribution in [3.05, 3.63) is 23.3 Å². The number of methoxy groups -OCH3 is 3. The van der Waals surface area contributed by atoms with Gasteiger partial charge < -0.3 is 19.9 Å². The Balaban J connectivity index is 3.26. The summed E-state index contributed by atoms with van der Waals surface area (Å²) in [5.41, 5.74) is 7.73. The molecule has 96 valence electrons. The molecule has 0 saturated heterocycles. The minimum Gasteiger partial charge on any atom is -0.493 e. The fourth-order valence-electron chi connectivity index (χ4n) is 1.84. The minimum absolute atomic E-state index is 0.232.